The Morgan fingerprint density at radius 3 is 2.04 bits per heavy atom. The molecule has 0 saturated heterocycles. The van der Waals surface area contributed by atoms with Gasteiger partial charge >= 0.3 is 22.8 Å². The summed E-state index contributed by atoms with van der Waals surface area (Å²) in [5, 5.41) is 0. The minimum Gasteiger partial charge on any atom is -0.312 e. The maximum Gasteiger partial charge on any atom is 2.00 e. The van der Waals surface area contributed by atoms with Gasteiger partial charge in [-0.2, -0.15) is 0 Å². The van der Waals surface area contributed by atoms with E-state index in [1.54, 1.807) is 0 Å². The number of nitrogens with zero attached hydrogens (tertiary/aromatic N) is 1. The molecule has 25 heavy (non-hydrogen) atoms. The molecular formula is C17H16ClFeN3O3+2. The van der Waals surface area contributed by atoms with Crippen LogP contribution in [-0.2, 0) is 21.9 Å². The van der Waals surface area contributed by atoms with Crippen LogP contribution < -0.4 is 16.1 Å². The Bertz CT molecular complexity index is 629. The van der Waals surface area contributed by atoms with Gasteiger partial charge in [-0.3, -0.25) is 14.6 Å². The summed E-state index contributed by atoms with van der Waals surface area (Å²) in [5.41, 5.74) is -1.19. The van der Waals surface area contributed by atoms with E-state index in [2.05, 4.69) is 9.97 Å². The van der Waals surface area contributed by atoms with Gasteiger partial charge in [-0.05, 0) is 57.8 Å². The van der Waals surface area contributed by atoms with Crippen LogP contribution in [0.15, 0.2) is 15.8 Å². The van der Waals surface area contributed by atoms with E-state index < -0.39 is 17.2 Å². The van der Waals surface area contributed by atoms with Gasteiger partial charge in [0.15, 0.2) is 0 Å². The second-order valence-corrected chi connectivity index (χ2v) is 5.09. The third-order valence-corrected chi connectivity index (χ3v) is 3.36. The fourth-order valence-electron chi connectivity index (χ4n) is 2.01. The second kappa shape index (κ2) is 11.6. The van der Waals surface area contributed by atoms with E-state index in [4.69, 9.17) is 11.6 Å². The van der Waals surface area contributed by atoms with Gasteiger partial charge in [0, 0.05) is 18.7 Å². The van der Waals surface area contributed by atoms with Gasteiger partial charge in [0.2, 0.25) is 5.91 Å². The van der Waals surface area contributed by atoms with Gasteiger partial charge in [-0.25, -0.2) is 4.79 Å². The van der Waals surface area contributed by atoms with Gasteiger partial charge in [0.25, 0.3) is 5.56 Å². The number of alkyl halides is 1. The summed E-state index contributed by atoms with van der Waals surface area (Å²) in [4.78, 5) is 40.2. The number of halogens is 1. The molecule has 1 aromatic rings. The summed E-state index contributed by atoms with van der Waals surface area (Å²) in [5.74, 6) is 0.198. The molecule has 0 spiro atoms. The van der Waals surface area contributed by atoms with Crippen molar-refractivity contribution in [2.75, 3.05) is 17.3 Å². The van der Waals surface area contributed by atoms with Crippen LogP contribution in [0.4, 0.5) is 5.69 Å². The summed E-state index contributed by atoms with van der Waals surface area (Å²) < 4.78 is 0. The van der Waals surface area contributed by atoms with E-state index in [-0.39, 0.29) is 35.2 Å². The Morgan fingerprint density at radius 2 is 1.56 bits per heavy atom. The van der Waals surface area contributed by atoms with Gasteiger partial charge in [-0.1, -0.05) is 0 Å². The fourth-order valence-corrected chi connectivity index (χ4v) is 2.15. The SMILES string of the molecule is O=C(CCl)N(C[C]1[CH][CH][CH][CH]1)c1c[nH]c(=O)[nH]c1=O.[CH]1[CH][CH][CH][CH]1.[Fe+2]. The Kier molecular flexibility index (Phi) is 10.2. The minimum absolute atomic E-state index is 0. The van der Waals surface area contributed by atoms with Crippen molar-refractivity contribution in [1.29, 1.82) is 0 Å². The first-order valence-electron chi connectivity index (χ1n) is 7.17. The van der Waals surface area contributed by atoms with Crippen molar-refractivity contribution in [3.8, 4) is 0 Å². The molecule has 2 aliphatic rings. The Morgan fingerprint density at radius 1 is 1.00 bits per heavy atom. The maximum absolute atomic E-state index is 11.8. The first kappa shape index (κ1) is 22.0. The standard InChI is InChI=1S/C12H11ClN3O3.C5H5.Fe/c13-5-10(17)16(7-8-3-1-2-4-8)9-6-14-12(19)15-11(9)18;1-2-4-5-3-1;/h1-4,6H,5,7H2,(H2,14,15,18,19);1-5H;/q;;+2. The Labute approximate surface area is 163 Å². The van der Waals surface area contributed by atoms with Crippen molar-refractivity contribution >= 4 is 23.2 Å². The molecule has 8 heteroatoms. The number of nitrogens with one attached hydrogen (secondary N) is 2. The molecular weight excluding hydrogens is 386 g/mol. The predicted molar refractivity (Wildman–Crippen MR) is 92.7 cm³/mol. The third-order valence-electron chi connectivity index (χ3n) is 3.13. The molecule has 0 aromatic carbocycles. The van der Waals surface area contributed by atoms with Crippen LogP contribution in [-0.4, -0.2) is 28.3 Å². The van der Waals surface area contributed by atoms with Crippen molar-refractivity contribution in [2.24, 2.45) is 0 Å². The van der Waals surface area contributed by atoms with Gasteiger partial charge in [0.1, 0.15) is 11.6 Å². The molecule has 0 unspecified atom stereocenters. The smallest absolute Gasteiger partial charge is 0.312 e. The molecule has 1 amide bonds. The molecule has 10 radical (unpaired) electrons. The molecule has 0 bridgehead atoms. The molecule has 1 aromatic heterocycles. The van der Waals surface area contributed by atoms with Crippen LogP contribution in [0.5, 0.6) is 0 Å². The van der Waals surface area contributed by atoms with Crippen LogP contribution in [0, 0.1) is 63.7 Å². The summed E-state index contributed by atoms with van der Waals surface area (Å²) in [6.07, 6.45) is 18.5. The van der Waals surface area contributed by atoms with E-state index in [1.807, 2.05) is 57.8 Å². The van der Waals surface area contributed by atoms with Crippen molar-refractivity contribution in [3.63, 3.8) is 0 Å². The number of amides is 1. The van der Waals surface area contributed by atoms with Gasteiger partial charge in [0.05, 0.1) is 0 Å². The molecule has 3 rings (SSSR count). The first-order valence-corrected chi connectivity index (χ1v) is 7.71. The Hall–Kier alpha value is -1.04. The average molecular weight is 402 g/mol. The number of H-pyrrole nitrogens is 2. The fraction of sp³-hybridized carbons (Fsp3) is 0.118. The minimum atomic E-state index is -0.631. The van der Waals surface area contributed by atoms with Crippen LogP contribution in [0.25, 0.3) is 0 Å². The van der Waals surface area contributed by atoms with Crippen LogP contribution in [0.3, 0.4) is 0 Å². The average Bonchev–Trinajstić information content (AvgIpc) is 3.28. The van der Waals surface area contributed by atoms with Crippen molar-refractivity contribution in [3.05, 3.63) is 90.7 Å². The summed E-state index contributed by atoms with van der Waals surface area (Å²) in [7, 11) is 0. The van der Waals surface area contributed by atoms with Crippen LogP contribution >= 0.6 is 11.6 Å². The molecule has 130 valence electrons. The molecule has 6 nitrogen and oxygen atoms in total. The van der Waals surface area contributed by atoms with Gasteiger partial charge in [-0.15, -0.1) is 11.6 Å². The van der Waals surface area contributed by atoms with E-state index in [1.165, 1.54) is 11.1 Å². The largest absolute Gasteiger partial charge is 2.00 e. The van der Waals surface area contributed by atoms with Crippen LogP contribution in [0.2, 0.25) is 0 Å². The zero-order valence-corrected chi connectivity index (χ0v) is 15.0. The maximum atomic E-state index is 11.8. The van der Waals surface area contributed by atoms with E-state index in [0.717, 1.165) is 5.92 Å². The molecule has 2 fully saturated rings. The number of carbonyl (C=O) groups is 1. The number of hydrogen-bond donors (Lipinski definition) is 2. The number of aromatic nitrogens is 2. The quantitative estimate of drug-likeness (QED) is 0.584. The second-order valence-electron chi connectivity index (χ2n) is 4.83. The number of aromatic amines is 2. The number of carbonyl (C=O) groups excluding carboxylic acids is 1. The summed E-state index contributed by atoms with van der Waals surface area (Å²) >= 11 is 5.55. The third kappa shape index (κ3) is 7.00. The predicted octanol–water partition coefficient (Wildman–Crippen LogP) is 1.06. The Balaban J connectivity index is 0.000000448. The molecule has 1 heterocycles. The topological polar surface area (TPSA) is 86.0 Å². The van der Waals surface area contributed by atoms with Gasteiger partial charge < -0.3 is 9.88 Å². The normalized spacial score (nSPS) is 16.7. The van der Waals surface area contributed by atoms with Crippen molar-refractivity contribution < 1.29 is 21.9 Å². The molecule has 2 N–H and O–H groups in total. The monoisotopic (exact) mass is 401 g/mol. The van der Waals surface area contributed by atoms with E-state index in [9.17, 15) is 14.4 Å². The molecule has 2 aliphatic carbocycles. The molecule has 0 atom stereocenters. The van der Waals surface area contributed by atoms with E-state index >= 15 is 0 Å². The molecule has 2 saturated carbocycles. The van der Waals surface area contributed by atoms with Crippen molar-refractivity contribution in [2.45, 2.75) is 0 Å². The number of hydrogen-bond acceptors (Lipinski definition) is 3. The first-order chi connectivity index (χ1) is 11.6. The number of rotatable bonds is 4. The zero-order valence-electron chi connectivity index (χ0n) is 13.1. The summed E-state index contributed by atoms with van der Waals surface area (Å²) in [6, 6.07) is 0. The zero-order chi connectivity index (χ0) is 17.4. The van der Waals surface area contributed by atoms with Crippen LogP contribution in [0.1, 0.15) is 0 Å². The van der Waals surface area contributed by atoms with E-state index in [0.29, 0.717) is 0 Å². The molecule has 0 aliphatic heterocycles. The van der Waals surface area contributed by atoms with Crippen molar-refractivity contribution in [1.82, 2.24) is 9.97 Å². The number of anilines is 1. The summed E-state index contributed by atoms with van der Waals surface area (Å²) in [6.45, 7) is 0.216.